The van der Waals surface area contributed by atoms with Crippen LogP contribution in [0.3, 0.4) is 0 Å². The van der Waals surface area contributed by atoms with Crippen molar-refractivity contribution in [2.45, 2.75) is 46.0 Å². The monoisotopic (exact) mass is 349 g/mol. The molecule has 2 atom stereocenters. The summed E-state index contributed by atoms with van der Waals surface area (Å²) < 4.78 is 3.90. The minimum atomic E-state index is 0.300. The predicted molar refractivity (Wildman–Crippen MR) is 102 cm³/mol. The molecule has 0 saturated heterocycles. The van der Waals surface area contributed by atoms with Crippen LogP contribution in [0, 0.1) is 13.8 Å². The Balaban J connectivity index is 1.68. The van der Waals surface area contributed by atoms with Crippen molar-refractivity contribution in [2.75, 3.05) is 7.05 Å². The third-order valence-electron chi connectivity index (χ3n) is 5.02. The molecule has 0 spiro atoms. The van der Waals surface area contributed by atoms with E-state index in [2.05, 4.69) is 22.8 Å². The Morgan fingerprint density at radius 2 is 2.00 bits per heavy atom. The molecule has 26 heavy (non-hydrogen) atoms. The van der Waals surface area contributed by atoms with E-state index in [-0.39, 0.29) is 0 Å². The quantitative estimate of drug-likeness (QED) is 0.678. The van der Waals surface area contributed by atoms with Crippen molar-refractivity contribution in [1.82, 2.24) is 29.1 Å². The van der Waals surface area contributed by atoms with Crippen molar-refractivity contribution in [1.29, 1.82) is 0 Å². The average Bonchev–Trinajstić information content (AvgIpc) is 3.08. The molecule has 1 aliphatic rings. The Labute approximate surface area is 152 Å². The summed E-state index contributed by atoms with van der Waals surface area (Å²) in [5.74, 6) is 2.37. The molecule has 0 aromatic carbocycles. The summed E-state index contributed by atoms with van der Waals surface area (Å²) in [7, 11) is 1.78. The molecule has 4 rings (SSSR count). The molecule has 1 fully saturated rings. The maximum Gasteiger partial charge on any atom is 0.177 e. The molecule has 0 aliphatic heterocycles. The number of hydrogen-bond acceptors (Lipinski definition) is 5. The minimum absolute atomic E-state index is 0.300. The second kappa shape index (κ2) is 5.86. The van der Waals surface area contributed by atoms with Crippen LogP contribution in [0.15, 0.2) is 24.0 Å². The predicted octanol–water partition coefficient (Wildman–Crippen LogP) is 3.14. The third-order valence-corrected chi connectivity index (χ3v) is 5.02. The summed E-state index contributed by atoms with van der Waals surface area (Å²) in [6, 6.07) is 0. The van der Waals surface area contributed by atoms with Gasteiger partial charge in [-0.05, 0) is 34.1 Å². The topological polar surface area (TPSA) is 73.3 Å². The molecule has 1 saturated carbocycles. The number of nitrogens with zero attached hydrogens (tertiary/aromatic N) is 7. The second-order valence-corrected chi connectivity index (χ2v) is 7.04. The van der Waals surface area contributed by atoms with Gasteiger partial charge < -0.3 is 4.57 Å². The second-order valence-electron chi connectivity index (χ2n) is 7.04. The molecular formula is C19H23N7. The Morgan fingerprint density at radius 3 is 2.65 bits per heavy atom. The van der Waals surface area contributed by atoms with E-state index in [1.54, 1.807) is 7.05 Å². The van der Waals surface area contributed by atoms with E-state index in [4.69, 9.17) is 15.1 Å². The van der Waals surface area contributed by atoms with E-state index >= 15 is 0 Å². The highest BCUT2D eigenvalue weighted by molar-refractivity contribution is 5.96. The van der Waals surface area contributed by atoms with Gasteiger partial charge in [0, 0.05) is 37.0 Å². The summed E-state index contributed by atoms with van der Waals surface area (Å²) >= 11 is 0. The molecule has 3 aromatic rings. The van der Waals surface area contributed by atoms with E-state index in [1.165, 1.54) is 0 Å². The lowest BCUT2D eigenvalue weighted by atomic mass is 10.2. The van der Waals surface area contributed by atoms with Crippen LogP contribution in [0.1, 0.15) is 60.8 Å². The van der Waals surface area contributed by atoms with Crippen molar-refractivity contribution < 1.29 is 0 Å². The first-order valence-corrected chi connectivity index (χ1v) is 8.78. The van der Waals surface area contributed by atoms with Crippen LogP contribution in [0.25, 0.3) is 11.3 Å². The molecule has 3 heterocycles. The molecule has 1 aliphatic carbocycles. The van der Waals surface area contributed by atoms with Crippen LogP contribution in [-0.2, 0) is 0 Å². The summed E-state index contributed by atoms with van der Waals surface area (Å²) in [4.78, 5) is 18.2. The van der Waals surface area contributed by atoms with E-state index in [0.29, 0.717) is 11.8 Å². The summed E-state index contributed by atoms with van der Waals surface area (Å²) in [6.45, 7) is 12.0. The zero-order chi connectivity index (χ0) is 18.6. The Bertz CT molecular complexity index is 1010. The number of allylic oxidation sites excluding steroid dienone is 1. The first-order valence-electron chi connectivity index (χ1n) is 8.78. The van der Waals surface area contributed by atoms with Gasteiger partial charge >= 0.3 is 0 Å². The fraction of sp³-hybridized carbons (Fsp3) is 0.421. The standard InChI is InChI=1S/C19H23N7/c1-10(2)25-9-16(22-18(25)12(4)20-6)14-7-15(14)17-23-19-13(5)21-8-11(3)26(19)24-17/h8-9,14-15H,1,7H2,2-6H3. The van der Waals surface area contributed by atoms with Crippen LogP contribution in [0.4, 0.5) is 0 Å². The number of aliphatic imine (C=N–C) groups is 1. The van der Waals surface area contributed by atoms with Gasteiger partial charge in [-0.15, -0.1) is 0 Å². The molecule has 2 unspecified atom stereocenters. The fourth-order valence-electron chi connectivity index (χ4n) is 3.30. The van der Waals surface area contributed by atoms with Crippen LogP contribution in [0.2, 0.25) is 0 Å². The maximum atomic E-state index is 4.83. The molecule has 0 radical (unpaired) electrons. The summed E-state index contributed by atoms with van der Waals surface area (Å²) in [6.07, 6.45) is 4.92. The SMILES string of the molecule is C=C(C)n1cc(C2CC2c2nc3c(C)ncc(C)n3n2)nc1C(C)=NC. The highest BCUT2D eigenvalue weighted by Gasteiger charge is 2.44. The Hall–Kier alpha value is -2.83. The van der Waals surface area contributed by atoms with Crippen molar-refractivity contribution in [3.05, 3.63) is 47.7 Å². The smallest absolute Gasteiger partial charge is 0.177 e. The van der Waals surface area contributed by atoms with Gasteiger partial charge in [-0.3, -0.25) is 9.98 Å². The van der Waals surface area contributed by atoms with Gasteiger partial charge in [-0.25, -0.2) is 14.5 Å². The molecule has 0 bridgehead atoms. The summed E-state index contributed by atoms with van der Waals surface area (Å²) in [5.41, 5.74) is 5.62. The number of imidazole rings is 1. The van der Waals surface area contributed by atoms with E-state index in [0.717, 1.165) is 52.2 Å². The van der Waals surface area contributed by atoms with Gasteiger partial charge in [0.25, 0.3) is 0 Å². The molecule has 7 nitrogen and oxygen atoms in total. The normalized spacial score (nSPS) is 20.0. The average molecular weight is 349 g/mol. The Morgan fingerprint density at radius 1 is 1.23 bits per heavy atom. The van der Waals surface area contributed by atoms with Crippen molar-refractivity contribution >= 4 is 17.1 Å². The van der Waals surface area contributed by atoms with Crippen LogP contribution in [-0.4, -0.2) is 41.9 Å². The lowest BCUT2D eigenvalue weighted by molar-refractivity contribution is 0.828. The molecular weight excluding hydrogens is 326 g/mol. The number of hydrogen-bond donors (Lipinski definition) is 0. The zero-order valence-electron chi connectivity index (χ0n) is 15.9. The van der Waals surface area contributed by atoms with Gasteiger partial charge in [-0.1, -0.05) is 6.58 Å². The van der Waals surface area contributed by atoms with Gasteiger partial charge in [0.2, 0.25) is 0 Å². The number of fused-ring (bicyclic) bond motifs is 1. The summed E-state index contributed by atoms with van der Waals surface area (Å²) in [5, 5.41) is 4.72. The molecule has 7 heteroatoms. The van der Waals surface area contributed by atoms with Crippen molar-refractivity contribution in [3.63, 3.8) is 0 Å². The van der Waals surface area contributed by atoms with Gasteiger partial charge in [0.05, 0.1) is 22.8 Å². The van der Waals surface area contributed by atoms with E-state index in [9.17, 15) is 0 Å². The lowest BCUT2D eigenvalue weighted by Crippen LogP contribution is -2.05. The van der Waals surface area contributed by atoms with Crippen LogP contribution in [0.5, 0.6) is 0 Å². The maximum absolute atomic E-state index is 4.83. The number of aryl methyl sites for hydroxylation is 2. The van der Waals surface area contributed by atoms with Gasteiger partial charge in [0.1, 0.15) is 0 Å². The third kappa shape index (κ3) is 2.55. The van der Waals surface area contributed by atoms with Crippen LogP contribution >= 0.6 is 0 Å². The lowest BCUT2D eigenvalue weighted by Gasteiger charge is -2.04. The molecule has 0 amide bonds. The zero-order valence-corrected chi connectivity index (χ0v) is 15.9. The van der Waals surface area contributed by atoms with Crippen molar-refractivity contribution in [2.24, 2.45) is 4.99 Å². The first kappa shape index (κ1) is 16.6. The largest absolute Gasteiger partial charge is 0.303 e. The number of aromatic nitrogens is 6. The van der Waals surface area contributed by atoms with E-state index in [1.807, 2.05) is 43.0 Å². The van der Waals surface area contributed by atoms with Gasteiger partial charge in [0.15, 0.2) is 17.3 Å². The molecule has 3 aromatic heterocycles. The highest BCUT2D eigenvalue weighted by Crippen LogP contribution is 2.53. The highest BCUT2D eigenvalue weighted by atomic mass is 15.3. The van der Waals surface area contributed by atoms with E-state index < -0.39 is 0 Å². The Kier molecular flexibility index (Phi) is 3.75. The van der Waals surface area contributed by atoms with Gasteiger partial charge in [-0.2, -0.15) is 5.10 Å². The fourth-order valence-corrected chi connectivity index (χ4v) is 3.30. The first-order chi connectivity index (χ1) is 12.4. The molecule has 0 N–H and O–H groups in total. The van der Waals surface area contributed by atoms with Crippen LogP contribution < -0.4 is 0 Å². The minimum Gasteiger partial charge on any atom is -0.303 e. The molecule has 134 valence electrons. The van der Waals surface area contributed by atoms with Crippen molar-refractivity contribution in [3.8, 4) is 0 Å². The number of rotatable bonds is 4.